The van der Waals surface area contributed by atoms with Gasteiger partial charge in [-0.15, -0.1) is 11.8 Å². The number of hydrogen-bond acceptors (Lipinski definition) is 7. The normalized spacial score (nSPS) is 16.1. The van der Waals surface area contributed by atoms with E-state index in [1.165, 1.54) is 6.20 Å². The number of carbonyl (C=O) groups excluding carboxylic acids is 1. The molecule has 1 saturated heterocycles. The van der Waals surface area contributed by atoms with Crippen molar-refractivity contribution in [3.8, 4) is 23.1 Å². The highest BCUT2D eigenvalue weighted by Gasteiger charge is 2.34. The van der Waals surface area contributed by atoms with Crippen LogP contribution < -0.4 is 18.9 Å². The van der Waals surface area contributed by atoms with Crippen molar-refractivity contribution >= 4 is 17.7 Å². The zero-order valence-corrected chi connectivity index (χ0v) is 16.5. The van der Waals surface area contributed by atoms with E-state index in [9.17, 15) is 4.79 Å². The molecule has 0 bridgehead atoms. The number of carbonyl (C=O) groups is 1. The van der Waals surface area contributed by atoms with Crippen molar-refractivity contribution in [2.45, 2.75) is 5.37 Å². The Kier molecular flexibility index (Phi) is 5.95. The summed E-state index contributed by atoms with van der Waals surface area (Å²) in [5.41, 5.74) is 1.38. The Labute approximate surface area is 162 Å². The molecule has 2 heterocycles. The first-order chi connectivity index (χ1) is 13.1. The molecule has 1 aliphatic rings. The van der Waals surface area contributed by atoms with E-state index in [1.807, 2.05) is 11.0 Å². The molecule has 144 valence electrons. The fourth-order valence-corrected chi connectivity index (χ4v) is 4.25. The maximum Gasteiger partial charge on any atom is 0.256 e. The van der Waals surface area contributed by atoms with Gasteiger partial charge in [-0.1, -0.05) is 0 Å². The van der Waals surface area contributed by atoms with Crippen molar-refractivity contribution in [2.75, 3.05) is 40.7 Å². The Hall–Kier alpha value is -2.61. The van der Waals surface area contributed by atoms with Crippen LogP contribution in [0.4, 0.5) is 0 Å². The molecule has 1 aliphatic heterocycles. The number of methoxy groups -OCH3 is 4. The second-order valence-corrected chi connectivity index (χ2v) is 6.95. The number of pyridine rings is 1. The van der Waals surface area contributed by atoms with Crippen LogP contribution in [0.1, 0.15) is 21.3 Å². The lowest BCUT2D eigenvalue weighted by Crippen LogP contribution is -2.30. The summed E-state index contributed by atoms with van der Waals surface area (Å²) in [6, 6.07) is 7.06. The van der Waals surface area contributed by atoms with Gasteiger partial charge in [0.2, 0.25) is 5.88 Å². The predicted octanol–water partition coefficient (Wildman–Crippen LogP) is 3.00. The molecule has 3 rings (SSSR count). The molecule has 0 saturated carbocycles. The highest BCUT2D eigenvalue weighted by Crippen LogP contribution is 2.46. The van der Waals surface area contributed by atoms with Crippen molar-refractivity contribution in [3.63, 3.8) is 0 Å². The van der Waals surface area contributed by atoms with E-state index in [2.05, 4.69) is 4.98 Å². The summed E-state index contributed by atoms with van der Waals surface area (Å²) in [5.74, 6) is 3.05. The molecule has 0 radical (unpaired) electrons. The third kappa shape index (κ3) is 3.75. The van der Waals surface area contributed by atoms with Crippen LogP contribution >= 0.6 is 11.8 Å². The number of nitrogens with zero attached hydrogens (tertiary/aromatic N) is 2. The smallest absolute Gasteiger partial charge is 0.256 e. The number of amides is 1. The molecule has 1 unspecified atom stereocenters. The number of rotatable bonds is 6. The molecule has 0 N–H and O–H groups in total. The average Bonchev–Trinajstić information content (AvgIpc) is 3.21. The lowest BCUT2D eigenvalue weighted by atomic mass is 10.1. The molecule has 1 fully saturated rings. The average molecular weight is 390 g/mol. The monoisotopic (exact) mass is 390 g/mol. The summed E-state index contributed by atoms with van der Waals surface area (Å²) >= 11 is 1.68. The number of benzene rings is 1. The molecular formula is C19H22N2O5S. The first-order valence-electron chi connectivity index (χ1n) is 8.35. The molecule has 0 aliphatic carbocycles. The van der Waals surface area contributed by atoms with Crippen LogP contribution in [0.5, 0.6) is 23.1 Å². The highest BCUT2D eigenvalue weighted by molar-refractivity contribution is 7.99. The molecule has 1 aromatic carbocycles. The Morgan fingerprint density at radius 3 is 2.33 bits per heavy atom. The van der Waals surface area contributed by atoms with E-state index in [1.54, 1.807) is 58.4 Å². The van der Waals surface area contributed by atoms with E-state index in [-0.39, 0.29) is 11.3 Å². The largest absolute Gasteiger partial charge is 0.496 e. The molecule has 1 amide bonds. The third-order valence-corrected chi connectivity index (χ3v) is 5.59. The van der Waals surface area contributed by atoms with Gasteiger partial charge in [0.05, 0.1) is 34.0 Å². The summed E-state index contributed by atoms with van der Waals surface area (Å²) in [6.07, 6.45) is 1.53. The van der Waals surface area contributed by atoms with E-state index in [4.69, 9.17) is 18.9 Å². The SMILES string of the molecule is COc1ccc(C(=O)N2CCSC2c2cc(OC)c(OC)cc2OC)cn1. The Balaban J connectivity index is 1.94. The number of aromatic nitrogens is 1. The van der Waals surface area contributed by atoms with Crippen LogP contribution in [-0.2, 0) is 0 Å². The zero-order valence-electron chi connectivity index (χ0n) is 15.7. The van der Waals surface area contributed by atoms with E-state index >= 15 is 0 Å². The molecule has 27 heavy (non-hydrogen) atoms. The van der Waals surface area contributed by atoms with Gasteiger partial charge in [0.1, 0.15) is 11.1 Å². The van der Waals surface area contributed by atoms with Gasteiger partial charge in [0.15, 0.2) is 11.5 Å². The van der Waals surface area contributed by atoms with Crippen molar-refractivity contribution in [2.24, 2.45) is 0 Å². The van der Waals surface area contributed by atoms with Crippen LogP contribution in [0.3, 0.4) is 0 Å². The maximum absolute atomic E-state index is 13.0. The lowest BCUT2D eigenvalue weighted by Gasteiger charge is -2.26. The second kappa shape index (κ2) is 8.39. The summed E-state index contributed by atoms with van der Waals surface area (Å²) in [6.45, 7) is 0.637. The topological polar surface area (TPSA) is 70.1 Å². The Morgan fingerprint density at radius 1 is 1.04 bits per heavy atom. The number of ether oxygens (including phenoxy) is 4. The summed E-state index contributed by atoms with van der Waals surface area (Å²) < 4.78 is 21.4. The highest BCUT2D eigenvalue weighted by atomic mass is 32.2. The van der Waals surface area contributed by atoms with Gasteiger partial charge in [0, 0.05) is 36.2 Å². The van der Waals surface area contributed by atoms with E-state index in [0.29, 0.717) is 35.2 Å². The lowest BCUT2D eigenvalue weighted by molar-refractivity contribution is 0.0758. The third-order valence-electron chi connectivity index (χ3n) is 4.35. The summed E-state index contributed by atoms with van der Waals surface area (Å²) in [5, 5.41) is -0.186. The quantitative estimate of drug-likeness (QED) is 0.751. The zero-order chi connectivity index (χ0) is 19.4. The fraction of sp³-hybridized carbons (Fsp3) is 0.368. The first kappa shape index (κ1) is 19.2. The molecular weight excluding hydrogens is 368 g/mol. The van der Waals surface area contributed by atoms with Crippen molar-refractivity contribution in [1.82, 2.24) is 9.88 Å². The second-order valence-electron chi connectivity index (χ2n) is 5.76. The predicted molar refractivity (Wildman–Crippen MR) is 103 cm³/mol. The van der Waals surface area contributed by atoms with Gasteiger partial charge >= 0.3 is 0 Å². The minimum atomic E-state index is -0.186. The minimum Gasteiger partial charge on any atom is -0.496 e. The van der Waals surface area contributed by atoms with Crippen LogP contribution in [0.15, 0.2) is 30.5 Å². The minimum absolute atomic E-state index is 0.0861. The van der Waals surface area contributed by atoms with Crippen LogP contribution in [-0.4, -0.2) is 56.5 Å². The van der Waals surface area contributed by atoms with Crippen molar-refractivity contribution < 1.29 is 23.7 Å². The van der Waals surface area contributed by atoms with Gasteiger partial charge in [-0.2, -0.15) is 0 Å². The van der Waals surface area contributed by atoms with Crippen LogP contribution in [0, 0.1) is 0 Å². The number of thioether (sulfide) groups is 1. The van der Waals surface area contributed by atoms with Gasteiger partial charge in [-0.25, -0.2) is 4.98 Å². The van der Waals surface area contributed by atoms with Crippen LogP contribution in [0.25, 0.3) is 0 Å². The van der Waals surface area contributed by atoms with E-state index < -0.39 is 0 Å². The molecule has 7 nitrogen and oxygen atoms in total. The van der Waals surface area contributed by atoms with Gasteiger partial charge in [-0.05, 0) is 12.1 Å². The molecule has 2 aromatic rings. The molecule has 0 spiro atoms. The molecule has 8 heteroatoms. The standard InChI is InChI=1S/C19H22N2O5S/c1-23-14-10-16(25-3)15(24-2)9-13(14)19-21(7-8-27-19)18(22)12-5-6-17(26-4)20-11-12/h5-6,9-11,19H,7-8H2,1-4H3. The Morgan fingerprint density at radius 2 is 1.74 bits per heavy atom. The fourth-order valence-electron chi connectivity index (χ4n) is 2.97. The van der Waals surface area contributed by atoms with Gasteiger partial charge in [-0.3, -0.25) is 4.79 Å². The van der Waals surface area contributed by atoms with Crippen LogP contribution in [0.2, 0.25) is 0 Å². The van der Waals surface area contributed by atoms with Gasteiger partial charge < -0.3 is 23.8 Å². The van der Waals surface area contributed by atoms with E-state index in [0.717, 1.165) is 11.3 Å². The molecule has 1 atom stereocenters. The summed E-state index contributed by atoms with van der Waals surface area (Å²) in [4.78, 5) is 19.0. The summed E-state index contributed by atoms with van der Waals surface area (Å²) in [7, 11) is 6.31. The maximum atomic E-state index is 13.0. The molecule has 1 aromatic heterocycles. The van der Waals surface area contributed by atoms with Crippen molar-refractivity contribution in [3.05, 3.63) is 41.6 Å². The first-order valence-corrected chi connectivity index (χ1v) is 9.40. The van der Waals surface area contributed by atoms with Crippen molar-refractivity contribution in [1.29, 1.82) is 0 Å². The Bertz CT molecular complexity index is 812. The van der Waals surface area contributed by atoms with Gasteiger partial charge in [0.25, 0.3) is 5.91 Å². The number of hydrogen-bond donors (Lipinski definition) is 0.